The number of alkyl halides is 3. The quantitative estimate of drug-likeness (QED) is 0.244. The van der Waals surface area contributed by atoms with Gasteiger partial charge in [-0.2, -0.15) is 28.4 Å². The van der Waals surface area contributed by atoms with E-state index in [-0.39, 0.29) is 24.0 Å². The molecule has 4 aromatic rings. The molecule has 0 radical (unpaired) electrons. The Kier molecular flexibility index (Phi) is 6.47. The molecule has 0 aliphatic rings. The topological polar surface area (TPSA) is 96.9 Å². The van der Waals surface area contributed by atoms with Crippen molar-refractivity contribution in [1.29, 1.82) is 0 Å². The molecule has 0 spiro atoms. The number of benzene rings is 1. The lowest BCUT2D eigenvalue weighted by Crippen LogP contribution is -2.11. The molecule has 0 fully saturated rings. The summed E-state index contributed by atoms with van der Waals surface area (Å²) in [5.41, 5.74) is 1.07. The van der Waals surface area contributed by atoms with Crippen LogP contribution in [0, 0.1) is 3.70 Å². The highest BCUT2D eigenvalue weighted by atomic mass is 127. The molecular weight excluding hydrogens is 568 g/mol. The first-order valence-corrected chi connectivity index (χ1v) is 11.1. The lowest BCUT2D eigenvalue weighted by atomic mass is 10.1. The second-order valence-electron chi connectivity index (χ2n) is 7.16. The fraction of sp³-hybridized carbons (Fsp3) is 0.286. The Morgan fingerprint density at radius 1 is 1.21 bits per heavy atom. The van der Waals surface area contributed by atoms with Crippen molar-refractivity contribution in [2.45, 2.75) is 26.1 Å². The Morgan fingerprint density at radius 2 is 1.91 bits per heavy atom. The Bertz CT molecular complexity index is 1350. The molecule has 0 N–H and O–H groups in total. The Hall–Kier alpha value is -3.23. The molecule has 3 heterocycles. The van der Waals surface area contributed by atoms with Crippen molar-refractivity contribution < 1.29 is 27.4 Å². The van der Waals surface area contributed by atoms with Crippen molar-refractivity contribution in [3.63, 3.8) is 0 Å². The number of nitrogens with zero attached hydrogens (tertiary/aromatic N) is 6. The van der Waals surface area contributed by atoms with Crippen molar-refractivity contribution in [1.82, 2.24) is 29.5 Å². The minimum Gasteiger partial charge on any atom is -0.479 e. The Balaban J connectivity index is 1.76. The molecule has 34 heavy (non-hydrogen) atoms. The smallest absolute Gasteiger partial charge is 0.416 e. The van der Waals surface area contributed by atoms with E-state index in [0.29, 0.717) is 20.3 Å². The zero-order chi connectivity index (χ0) is 24.6. The summed E-state index contributed by atoms with van der Waals surface area (Å²) in [7, 11) is 1.44. The van der Waals surface area contributed by atoms with Gasteiger partial charge in [-0.15, -0.1) is 0 Å². The molecule has 4 rings (SSSR count). The van der Waals surface area contributed by atoms with E-state index in [1.54, 1.807) is 18.5 Å². The van der Waals surface area contributed by atoms with E-state index in [1.165, 1.54) is 36.3 Å². The van der Waals surface area contributed by atoms with Gasteiger partial charge in [0.05, 0.1) is 37.1 Å². The zero-order valence-electron chi connectivity index (χ0n) is 18.2. The second kappa shape index (κ2) is 9.19. The van der Waals surface area contributed by atoms with Gasteiger partial charge in [-0.1, -0.05) is 12.1 Å². The predicted molar refractivity (Wildman–Crippen MR) is 123 cm³/mol. The largest absolute Gasteiger partial charge is 0.479 e. The minimum atomic E-state index is -4.41. The summed E-state index contributed by atoms with van der Waals surface area (Å²) in [4.78, 5) is 20.9. The van der Waals surface area contributed by atoms with Crippen LogP contribution in [0.25, 0.3) is 17.0 Å². The number of hydrogen-bond acceptors (Lipinski definition) is 7. The maximum Gasteiger partial charge on any atom is 0.416 e. The summed E-state index contributed by atoms with van der Waals surface area (Å²) >= 11 is 2.01. The van der Waals surface area contributed by atoms with Gasteiger partial charge in [0.2, 0.25) is 5.88 Å². The van der Waals surface area contributed by atoms with Gasteiger partial charge in [0, 0.05) is 6.20 Å². The van der Waals surface area contributed by atoms with E-state index in [2.05, 4.69) is 20.2 Å². The van der Waals surface area contributed by atoms with Crippen LogP contribution < -0.4 is 4.74 Å². The van der Waals surface area contributed by atoms with Gasteiger partial charge in [0.1, 0.15) is 9.22 Å². The van der Waals surface area contributed by atoms with E-state index >= 15 is 0 Å². The van der Waals surface area contributed by atoms with E-state index < -0.39 is 23.8 Å². The first-order valence-electron chi connectivity index (χ1n) is 10.0. The van der Waals surface area contributed by atoms with Gasteiger partial charge in [-0.3, -0.25) is 0 Å². The molecule has 0 aliphatic carbocycles. The SMILES string of the molecule is CCOC(=O)c1cnn(-c2nc(OC)c3c(n2)c(I)nn3[C@@H](C)c2ccc(C(F)(F)F)cc2)c1. The van der Waals surface area contributed by atoms with Crippen molar-refractivity contribution in [2.75, 3.05) is 13.7 Å². The number of halogens is 4. The number of fused-ring (bicyclic) bond motifs is 1. The number of carbonyl (C=O) groups is 1. The number of rotatable bonds is 6. The van der Waals surface area contributed by atoms with Crippen LogP contribution in [-0.4, -0.2) is 49.2 Å². The fourth-order valence-electron chi connectivity index (χ4n) is 3.33. The maximum absolute atomic E-state index is 12.9. The third kappa shape index (κ3) is 4.43. The van der Waals surface area contributed by atoms with Crippen LogP contribution in [0.1, 0.15) is 41.4 Å². The highest BCUT2D eigenvalue weighted by Gasteiger charge is 2.30. The lowest BCUT2D eigenvalue weighted by molar-refractivity contribution is -0.137. The second-order valence-corrected chi connectivity index (χ2v) is 8.18. The van der Waals surface area contributed by atoms with Crippen molar-refractivity contribution >= 4 is 39.6 Å². The first-order chi connectivity index (χ1) is 16.1. The number of carbonyl (C=O) groups excluding carboxylic acids is 1. The van der Waals surface area contributed by atoms with E-state index in [0.717, 1.165) is 12.1 Å². The van der Waals surface area contributed by atoms with Crippen LogP contribution in [0.2, 0.25) is 0 Å². The van der Waals surface area contributed by atoms with Gasteiger partial charge >= 0.3 is 12.1 Å². The molecule has 0 amide bonds. The van der Waals surface area contributed by atoms with Gasteiger partial charge in [-0.25, -0.2) is 19.1 Å². The van der Waals surface area contributed by atoms with Gasteiger partial charge < -0.3 is 9.47 Å². The standard InChI is InChI=1S/C21H18F3IN6O3/c1-4-34-19(32)13-9-26-30(10-13)20-27-15-16(18(28-20)33-3)31(29-17(15)25)11(2)12-5-7-14(8-6-12)21(22,23)24/h5-11H,4H2,1-3H3/t11-/m0/s1. The molecule has 0 saturated heterocycles. The summed E-state index contributed by atoms with van der Waals surface area (Å²) in [5.74, 6) is -0.170. The molecule has 0 bridgehead atoms. The maximum atomic E-state index is 12.9. The van der Waals surface area contributed by atoms with Crippen LogP contribution in [-0.2, 0) is 10.9 Å². The molecule has 0 aliphatic heterocycles. The molecule has 3 aromatic heterocycles. The number of methoxy groups -OCH3 is 1. The van der Waals surface area contributed by atoms with Crippen molar-refractivity contribution in [3.8, 4) is 11.8 Å². The number of ether oxygens (including phenoxy) is 2. The van der Waals surface area contributed by atoms with Crippen LogP contribution in [0.3, 0.4) is 0 Å². The first kappa shape index (κ1) is 23.9. The lowest BCUT2D eigenvalue weighted by Gasteiger charge is -2.16. The van der Waals surface area contributed by atoms with E-state index in [1.807, 2.05) is 22.6 Å². The molecular formula is C21H18F3IN6O3. The molecule has 1 aromatic carbocycles. The van der Waals surface area contributed by atoms with Crippen LogP contribution in [0.15, 0.2) is 36.7 Å². The van der Waals surface area contributed by atoms with Crippen molar-refractivity contribution in [2.24, 2.45) is 0 Å². The molecule has 178 valence electrons. The van der Waals surface area contributed by atoms with Crippen LogP contribution in [0.4, 0.5) is 13.2 Å². The Morgan fingerprint density at radius 3 is 2.53 bits per heavy atom. The third-order valence-electron chi connectivity index (χ3n) is 5.04. The van der Waals surface area contributed by atoms with Crippen LogP contribution >= 0.6 is 22.6 Å². The molecule has 0 unspecified atom stereocenters. The molecule has 1 atom stereocenters. The number of aromatic nitrogens is 6. The molecule has 0 saturated carbocycles. The number of hydrogen-bond donors (Lipinski definition) is 0. The van der Waals surface area contributed by atoms with E-state index in [9.17, 15) is 18.0 Å². The normalized spacial score (nSPS) is 12.7. The fourth-order valence-corrected chi connectivity index (χ4v) is 3.94. The Labute approximate surface area is 205 Å². The summed E-state index contributed by atoms with van der Waals surface area (Å²) in [5, 5.41) is 8.67. The third-order valence-corrected chi connectivity index (χ3v) is 5.77. The summed E-state index contributed by atoms with van der Waals surface area (Å²) in [6.45, 7) is 3.74. The van der Waals surface area contributed by atoms with Gasteiger partial charge in [0.25, 0.3) is 5.95 Å². The van der Waals surface area contributed by atoms with Gasteiger partial charge in [-0.05, 0) is 54.1 Å². The average molecular weight is 586 g/mol. The van der Waals surface area contributed by atoms with Crippen LogP contribution in [0.5, 0.6) is 5.88 Å². The minimum absolute atomic E-state index is 0.152. The highest BCUT2D eigenvalue weighted by molar-refractivity contribution is 14.1. The van der Waals surface area contributed by atoms with Gasteiger partial charge in [0.15, 0.2) is 5.52 Å². The van der Waals surface area contributed by atoms with E-state index in [4.69, 9.17) is 9.47 Å². The summed E-state index contributed by atoms with van der Waals surface area (Å²) in [6, 6.07) is 4.46. The zero-order valence-corrected chi connectivity index (χ0v) is 20.3. The highest BCUT2D eigenvalue weighted by Crippen LogP contribution is 2.33. The number of esters is 1. The average Bonchev–Trinajstić information content (AvgIpc) is 3.43. The summed E-state index contributed by atoms with van der Waals surface area (Å²) < 4.78 is 52.7. The predicted octanol–water partition coefficient (Wildman–Crippen LogP) is 4.43. The molecule has 13 heteroatoms. The monoisotopic (exact) mass is 586 g/mol. The summed E-state index contributed by atoms with van der Waals surface area (Å²) in [6.07, 6.45) is -1.62. The molecule has 9 nitrogen and oxygen atoms in total. The van der Waals surface area contributed by atoms with Crippen molar-refractivity contribution in [3.05, 3.63) is 57.1 Å².